The Balaban J connectivity index is 1.73. The Hall–Kier alpha value is -2.17. The molecule has 2 saturated heterocycles. The topological polar surface area (TPSA) is 54.0 Å². The number of nitrogens with one attached hydrogen (secondary N) is 1. The van der Waals surface area contributed by atoms with Gasteiger partial charge in [-0.15, -0.1) is 0 Å². The van der Waals surface area contributed by atoms with Gasteiger partial charge in [0.1, 0.15) is 0 Å². The van der Waals surface area contributed by atoms with Crippen LogP contribution in [0.4, 0.5) is 13.2 Å². The molecule has 1 N–H and O–H groups in total. The van der Waals surface area contributed by atoms with Gasteiger partial charge in [-0.25, -0.2) is 0 Å². The van der Waals surface area contributed by atoms with E-state index in [-0.39, 0.29) is 12.0 Å². The molecule has 4 rings (SSSR count). The number of allylic oxidation sites excluding steroid dienone is 1. The zero-order chi connectivity index (χ0) is 22.9. The maximum absolute atomic E-state index is 13.6. The summed E-state index contributed by atoms with van der Waals surface area (Å²) in [7, 11) is 0. The van der Waals surface area contributed by atoms with Gasteiger partial charge in [-0.3, -0.25) is 4.79 Å². The Morgan fingerprint density at radius 2 is 2.00 bits per heavy atom. The number of hydrogen-bond acceptors (Lipinski definition) is 4. The summed E-state index contributed by atoms with van der Waals surface area (Å²) in [6.07, 6.45) is -2.62. The summed E-state index contributed by atoms with van der Waals surface area (Å²) < 4.78 is 51.2. The Morgan fingerprint density at radius 3 is 2.66 bits per heavy atom. The van der Waals surface area contributed by atoms with Crippen LogP contribution in [0.2, 0.25) is 0 Å². The molecular weight excluding hydrogens is 443 g/mol. The van der Waals surface area contributed by atoms with E-state index < -0.39 is 17.8 Å². The maximum Gasteiger partial charge on any atom is 0.416 e. The SMILES string of the molecule is CC1=C(C(=O)N2CCOCC2)C(c2cccc(C(F)(F)F)c2)NC(=S)N1CC1CCCO1. The number of nitrogens with zero attached hydrogens (tertiary/aromatic N) is 2. The fourth-order valence-corrected chi connectivity index (χ4v) is 4.68. The van der Waals surface area contributed by atoms with Crippen LogP contribution in [0.15, 0.2) is 35.5 Å². The highest BCUT2D eigenvalue weighted by Gasteiger charge is 2.38. The highest BCUT2D eigenvalue weighted by molar-refractivity contribution is 7.80. The quantitative estimate of drug-likeness (QED) is 0.684. The van der Waals surface area contributed by atoms with Crippen LogP contribution in [0.25, 0.3) is 0 Å². The van der Waals surface area contributed by atoms with Crippen LogP contribution in [0.5, 0.6) is 0 Å². The summed E-state index contributed by atoms with van der Waals surface area (Å²) in [6.45, 7) is 4.70. The van der Waals surface area contributed by atoms with E-state index in [4.69, 9.17) is 21.7 Å². The molecule has 1 aromatic carbocycles. The molecule has 2 fully saturated rings. The molecule has 32 heavy (non-hydrogen) atoms. The van der Waals surface area contributed by atoms with E-state index in [1.54, 1.807) is 17.9 Å². The molecule has 0 bridgehead atoms. The molecule has 0 radical (unpaired) electrons. The molecule has 3 aliphatic rings. The fourth-order valence-electron chi connectivity index (χ4n) is 4.35. The summed E-state index contributed by atoms with van der Waals surface area (Å²) in [5.41, 5.74) is 0.621. The molecule has 0 aliphatic carbocycles. The van der Waals surface area contributed by atoms with Crippen molar-refractivity contribution in [2.24, 2.45) is 0 Å². The van der Waals surface area contributed by atoms with E-state index in [1.807, 2.05) is 4.90 Å². The van der Waals surface area contributed by atoms with Crippen LogP contribution < -0.4 is 5.32 Å². The van der Waals surface area contributed by atoms with Crippen molar-refractivity contribution < 1.29 is 27.4 Å². The zero-order valence-electron chi connectivity index (χ0n) is 17.8. The number of benzene rings is 1. The van der Waals surface area contributed by atoms with Crippen molar-refractivity contribution in [3.8, 4) is 0 Å². The first-order valence-electron chi connectivity index (χ1n) is 10.7. The zero-order valence-corrected chi connectivity index (χ0v) is 18.6. The first-order valence-corrected chi connectivity index (χ1v) is 11.1. The van der Waals surface area contributed by atoms with E-state index in [0.717, 1.165) is 25.0 Å². The van der Waals surface area contributed by atoms with Crippen LogP contribution in [0.3, 0.4) is 0 Å². The van der Waals surface area contributed by atoms with Crippen molar-refractivity contribution in [1.29, 1.82) is 0 Å². The molecule has 2 atom stereocenters. The lowest BCUT2D eigenvalue weighted by molar-refractivity contribution is -0.137. The van der Waals surface area contributed by atoms with Gasteiger partial charge in [0.05, 0.1) is 43.0 Å². The normalized spacial score (nSPS) is 24.7. The summed E-state index contributed by atoms with van der Waals surface area (Å²) in [6, 6.07) is 4.27. The number of rotatable bonds is 4. The predicted molar refractivity (Wildman–Crippen MR) is 116 cm³/mol. The molecule has 0 spiro atoms. The average molecular weight is 470 g/mol. The van der Waals surface area contributed by atoms with E-state index in [1.165, 1.54) is 6.07 Å². The Morgan fingerprint density at radius 1 is 1.25 bits per heavy atom. The smallest absolute Gasteiger partial charge is 0.378 e. The van der Waals surface area contributed by atoms with E-state index in [0.29, 0.717) is 61.4 Å². The highest BCUT2D eigenvalue weighted by atomic mass is 32.1. The lowest BCUT2D eigenvalue weighted by atomic mass is 9.92. The van der Waals surface area contributed by atoms with Gasteiger partial charge in [-0.2, -0.15) is 13.2 Å². The second-order valence-electron chi connectivity index (χ2n) is 8.16. The number of ether oxygens (including phenoxy) is 2. The number of halogens is 3. The van der Waals surface area contributed by atoms with Crippen LogP contribution in [0.1, 0.15) is 36.9 Å². The minimum Gasteiger partial charge on any atom is -0.378 e. The first-order chi connectivity index (χ1) is 15.3. The maximum atomic E-state index is 13.6. The lowest BCUT2D eigenvalue weighted by Gasteiger charge is -2.40. The van der Waals surface area contributed by atoms with Crippen molar-refractivity contribution in [1.82, 2.24) is 15.1 Å². The van der Waals surface area contributed by atoms with Crippen molar-refractivity contribution >= 4 is 23.2 Å². The van der Waals surface area contributed by atoms with Gasteiger partial charge in [0, 0.05) is 25.4 Å². The molecule has 1 amide bonds. The minimum atomic E-state index is -4.48. The van der Waals surface area contributed by atoms with E-state index >= 15 is 0 Å². The molecule has 1 aromatic rings. The van der Waals surface area contributed by atoms with Crippen molar-refractivity contribution in [2.45, 2.75) is 38.1 Å². The third kappa shape index (κ3) is 4.77. The average Bonchev–Trinajstić information content (AvgIpc) is 3.29. The van der Waals surface area contributed by atoms with Gasteiger partial charge in [0.25, 0.3) is 5.91 Å². The van der Waals surface area contributed by atoms with Gasteiger partial charge in [-0.1, -0.05) is 12.1 Å². The van der Waals surface area contributed by atoms with Gasteiger partial charge in [0.2, 0.25) is 0 Å². The summed E-state index contributed by atoms with van der Waals surface area (Å²) >= 11 is 5.58. The molecule has 174 valence electrons. The number of thiocarbonyl (C=S) groups is 1. The summed E-state index contributed by atoms with van der Waals surface area (Å²) in [5.74, 6) is -0.222. The van der Waals surface area contributed by atoms with E-state index in [9.17, 15) is 18.0 Å². The highest BCUT2D eigenvalue weighted by Crippen LogP contribution is 2.36. The number of carbonyl (C=O) groups is 1. The van der Waals surface area contributed by atoms with Gasteiger partial charge in [-0.05, 0) is 49.7 Å². The van der Waals surface area contributed by atoms with Crippen LogP contribution >= 0.6 is 12.2 Å². The fraction of sp³-hybridized carbons (Fsp3) is 0.545. The number of morpholine rings is 1. The van der Waals surface area contributed by atoms with Crippen LogP contribution in [-0.4, -0.2) is 66.4 Å². The predicted octanol–water partition coefficient (Wildman–Crippen LogP) is 3.25. The Bertz CT molecular complexity index is 909. The molecule has 0 saturated carbocycles. The van der Waals surface area contributed by atoms with E-state index in [2.05, 4.69) is 5.32 Å². The summed E-state index contributed by atoms with van der Waals surface area (Å²) in [4.78, 5) is 17.1. The van der Waals surface area contributed by atoms with Gasteiger partial charge >= 0.3 is 6.18 Å². The molecule has 3 heterocycles. The first kappa shape index (κ1) is 23.0. The van der Waals surface area contributed by atoms with Gasteiger partial charge in [0.15, 0.2) is 5.11 Å². The summed E-state index contributed by atoms with van der Waals surface area (Å²) in [5, 5.41) is 3.51. The monoisotopic (exact) mass is 469 g/mol. The number of hydrogen-bond donors (Lipinski definition) is 1. The lowest BCUT2D eigenvalue weighted by Crippen LogP contribution is -2.52. The van der Waals surface area contributed by atoms with Crippen LogP contribution in [-0.2, 0) is 20.4 Å². The molecule has 0 aromatic heterocycles. The Kier molecular flexibility index (Phi) is 6.73. The third-order valence-corrected chi connectivity index (χ3v) is 6.42. The molecule has 2 unspecified atom stereocenters. The standard InChI is InChI=1S/C22H26F3N3O3S/c1-14-18(20(29)27-7-10-30-11-8-27)19(15-4-2-5-16(12-15)22(23,24)25)26-21(32)28(14)13-17-6-3-9-31-17/h2,4-5,12,17,19H,3,6-11,13H2,1H3,(H,26,32). The van der Waals surface area contributed by atoms with Gasteiger partial charge < -0.3 is 24.6 Å². The minimum absolute atomic E-state index is 0.00505. The molecule has 6 nitrogen and oxygen atoms in total. The number of alkyl halides is 3. The second kappa shape index (κ2) is 9.36. The number of amides is 1. The third-order valence-electron chi connectivity index (χ3n) is 6.08. The Labute approximate surface area is 190 Å². The molecule has 10 heteroatoms. The second-order valence-corrected chi connectivity index (χ2v) is 8.54. The molecular formula is C22H26F3N3O3S. The number of carbonyl (C=O) groups excluding carboxylic acids is 1. The van der Waals surface area contributed by atoms with Crippen LogP contribution in [0, 0.1) is 0 Å². The van der Waals surface area contributed by atoms with Crippen molar-refractivity contribution in [3.05, 3.63) is 46.7 Å². The molecule has 3 aliphatic heterocycles. The largest absolute Gasteiger partial charge is 0.416 e. The van der Waals surface area contributed by atoms with Crippen molar-refractivity contribution in [2.75, 3.05) is 39.5 Å². The van der Waals surface area contributed by atoms with Crippen molar-refractivity contribution in [3.63, 3.8) is 0 Å².